The van der Waals surface area contributed by atoms with Crippen molar-refractivity contribution in [2.75, 3.05) is 17.2 Å². The van der Waals surface area contributed by atoms with E-state index in [2.05, 4.69) is 15.7 Å². The molecular weight excluding hydrogens is 390 g/mol. The first-order chi connectivity index (χ1) is 14.0. The SMILES string of the molecule is Cn1nc(C(=O)Nc2ccccc2)c2c1CCN(C(=O)Nc1ccc(Cl)cc1)C2. The first kappa shape index (κ1) is 19.0. The molecule has 0 saturated carbocycles. The number of aryl methyl sites for hydroxylation is 1. The zero-order valence-electron chi connectivity index (χ0n) is 15.9. The van der Waals surface area contributed by atoms with E-state index in [4.69, 9.17) is 11.6 Å². The van der Waals surface area contributed by atoms with Crippen LogP contribution in [0.4, 0.5) is 16.2 Å². The van der Waals surface area contributed by atoms with Crippen LogP contribution in [-0.2, 0) is 20.0 Å². The Hall–Kier alpha value is -3.32. The maximum Gasteiger partial charge on any atom is 0.322 e. The van der Waals surface area contributed by atoms with Gasteiger partial charge < -0.3 is 15.5 Å². The molecule has 1 aliphatic rings. The number of aromatic nitrogens is 2. The second kappa shape index (κ2) is 7.97. The Morgan fingerprint density at radius 2 is 1.69 bits per heavy atom. The molecule has 0 saturated heterocycles. The number of hydrogen-bond acceptors (Lipinski definition) is 3. The van der Waals surface area contributed by atoms with Crippen molar-refractivity contribution >= 4 is 34.9 Å². The first-order valence-corrected chi connectivity index (χ1v) is 9.61. The smallest absolute Gasteiger partial charge is 0.321 e. The van der Waals surface area contributed by atoms with E-state index in [9.17, 15) is 9.59 Å². The fourth-order valence-electron chi connectivity index (χ4n) is 3.40. The van der Waals surface area contributed by atoms with Crippen molar-refractivity contribution in [2.24, 2.45) is 7.05 Å². The van der Waals surface area contributed by atoms with Gasteiger partial charge in [-0.1, -0.05) is 29.8 Å². The van der Waals surface area contributed by atoms with Gasteiger partial charge >= 0.3 is 6.03 Å². The molecule has 4 rings (SSSR count). The van der Waals surface area contributed by atoms with Gasteiger partial charge in [0.25, 0.3) is 5.91 Å². The highest BCUT2D eigenvalue weighted by Crippen LogP contribution is 2.24. The number of para-hydroxylation sites is 1. The second-order valence-corrected chi connectivity index (χ2v) is 7.26. The summed E-state index contributed by atoms with van der Waals surface area (Å²) >= 11 is 5.89. The molecule has 0 spiro atoms. The maximum atomic E-state index is 12.8. The summed E-state index contributed by atoms with van der Waals surface area (Å²) in [7, 11) is 1.82. The number of carbonyl (C=O) groups is 2. The van der Waals surface area contributed by atoms with E-state index in [0.717, 1.165) is 11.3 Å². The fraction of sp³-hybridized carbons (Fsp3) is 0.190. The lowest BCUT2D eigenvalue weighted by Gasteiger charge is -2.27. The Bertz CT molecular complexity index is 1050. The Kier molecular flexibility index (Phi) is 5.22. The number of carbonyl (C=O) groups excluding carboxylic acids is 2. The Morgan fingerprint density at radius 3 is 2.41 bits per heavy atom. The highest BCUT2D eigenvalue weighted by Gasteiger charge is 2.29. The molecule has 1 aromatic heterocycles. The quantitative estimate of drug-likeness (QED) is 0.688. The molecule has 0 fully saturated rings. The minimum absolute atomic E-state index is 0.226. The van der Waals surface area contributed by atoms with Crippen molar-refractivity contribution in [3.63, 3.8) is 0 Å². The van der Waals surface area contributed by atoms with Crippen molar-refractivity contribution < 1.29 is 9.59 Å². The van der Waals surface area contributed by atoms with Crippen molar-refractivity contribution in [3.05, 3.63) is 76.6 Å². The molecule has 0 unspecified atom stereocenters. The van der Waals surface area contributed by atoms with Gasteiger partial charge in [-0.05, 0) is 36.4 Å². The van der Waals surface area contributed by atoms with Crippen LogP contribution < -0.4 is 10.6 Å². The van der Waals surface area contributed by atoms with Gasteiger partial charge in [0, 0.05) is 47.7 Å². The molecule has 2 heterocycles. The van der Waals surface area contributed by atoms with Gasteiger partial charge in [0.05, 0.1) is 6.54 Å². The molecule has 8 heteroatoms. The van der Waals surface area contributed by atoms with Gasteiger partial charge in [-0.25, -0.2) is 4.79 Å². The lowest BCUT2D eigenvalue weighted by atomic mass is 10.0. The minimum Gasteiger partial charge on any atom is -0.321 e. The number of hydrogen-bond donors (Lipinski definition) is 2. The van der Waals surface area contributed by atoms with E-state index < -0.39 is 0 Å². The topological polar surface area (TPSA) is 79.3 Å². The molecule has 7 nitrogen and oxygen atoms in total. The average Bonchev–Trinajstić information content (AvgIpc) is 3.06. The van der Waals surface area contributed by atoms with Crippen LogP contribution in [-0.4, -0.2) is 33.2 Å². The lowest BCUT2D eigenvalue weighted by Crippen LogP contribution is -2.39. The number of nitrogens with zero attached hydrogens (tertiary/aromatic N) is 3. The molecule has 148 valence electrons. The van der Waals surface area contributed by atoms with Crippen molar-refractivity contribution in [1.29, 1.82) is 0 Å². The summed E-state index contributed by atoms with van der Waals surface area (Å²) in [5.41, 5.74) is 3.45. The number of nitrogens with one attached hydrogen (secondary N) is 2. The molecule has 1 aliphatic heterocycles. The van der Waals surface area contributed by atoms with Gasteiger partial charge in [0.1, 0.15) is 0 Å². The fourth-order valence-corrected chi connectivity index (χ4v) is 3.52. The predicted molar refractivity (Wildman–Crippen MR) is 112 cm³/mol. The van der Waals surface area contributed by atoms with E-state index in [0.29, 0.717) is 41.6 Å². The lowest BCUT2D eigenvalue weighted by molar-refractivity contribution is 0.101. The molecule has 0 bridgehead atoms. The number of urea groups is 1. The van der Waals surface area contributed by atoms with Crippen LogP contribution in [0.1, 0.15) is 21.7 Å². The summed E-state index contributed by atoms with van der Waals surface area (Å²) in [6, 6.07) is 15.9. The summed E-state index contributed by atoms with van der Waals surface area (Å²) in [5, 5.41) is 10.7. The van der Waals surface area contributed by atoms with Gasteiger partial charge in [0.2, 0.25) is 0 Å². The normalized spacial score (nSPS) is 13.0. The van der Waals surface area contributed by atoms with Crippen LogP contribution in [0.5, 0.6) is 0 Å². The Labute approximate surface area is 173 Å². The van der Waals surface area contributed by atoms with E-state index in [-0.39, 0.29) is 11.9 Å². The molecule has 0 atom stereocenters. The standard InChI is InChI=1S/C21H20ClN5O2/c1-26-18-11-12-27(21(29)24-16-9-7-14(22)8-10-16)13-17(18)19(25-26)20(28)23-15-5-3-2-4-6-15/h2-10H,11-13H2,1H3,(H,23,28)(H,24,29). The largest absolute Gasteiger partial charge is 0.322 e. The van der Waals surface area contributed by atoms with Crippen LogP contribution in [0.15, 0.2) is 54.6 Å². The zero-order valence-corrected chi connectivity index (χ0v) is 16.6. The van der Waals surface area contributed by atoms with E-state index in [1.54, 1.807) is 33.8 Å². The van der Waals surface area contributed by atoms with Crippen LogP contribution in [0.25, 0.3) is 0 Å². The van der Waals surface area contributed by atoms with Gasteiger partial charge in [-0.2, -0.15) is 5.10 Å². The molecule has 3 aromatic rings. The van der Waals surface area contributed by atoms with Gasteiger partial charge in [0.15, 0.2) is 5.69 Å². The highest BCUT2D eigenvalue weighted by atomic mass is 35.5. The molecule has 2 N–H and O–H groups in total. The average molecular weight is 410 g/mol. The van der Waals surface area contributed by atoms with E-state index >= 15 is 0 Å². The number of benzene rings is 2. The number of fused-ring (bicyclic) bond motifs is 1. The summed E-state index contributed by atoms with van der Waals surface area (Å²) in [4.78, 5) is 27.2. The number of rotatable bonds is 3. The number of anilines is 2. The summed E-state index contributed by atoms with van der Waals surface area (Å²) in [6.45, 7) is 0.867. The van der Waals surface area contributed by atoms with Gasteiger partial charge in [-0.15, -0.1) is 0 Å². The van der Waals surface area contributed by atoms with Crippen molar-refractivity contribution in [1.82, 2.24) is 14.7 Å². The summed E-state index contributed by atoms with van der Waals surface area (Å²) in [5.74, 6) is -0.284. The van der Waals surface area contributed by atoms with Crippen LogP contribution in [0.3, 0.4) is 0 Å². The zero-order chi connectivity index (χ0) is 20.4. The number of halogens is 1. The highest BCUT2D eigenvalue weighted by molar-refractivity contribution is 6.30. The Morgan fingerprint density at radius 1 is 1.00 bits per heavy atom. The monoisotopic (exact) mass is 409 g/mol. The van der Waals surface area contributed by atoms with Crippen LogP contribution >= 0.6 is 11.6 Å². The van der Waals surface area contributed by atoms with Gasteiger partial charge in [-0.3, -0.25) is 9.48 Å². The first-order valence-electron chi connectivity index (χ1n) is 9.24. The number of amides is 3. The van der Waals surface area contributed by atoms with E-state index in [1.165, 1.54) is 0 Å². The molecule has 0 radical (unpaired) electrons. The molecule has 2 aromatic carbocycles. The maximum absolute atomic E-state index is 12.8. The third kappa shape index (κ3) is 4.09. The molecule has 3 amide bonds. The van der Waals surface area contributed by atoms with E-state index in [1.807, 2.05) is 37.4 Å². The predicted octanol–water partition coefficient (Wildman–Crippen LogP) is 3.92. The van der Waals surface area contributed by atoms with Crippen molar-refractivity contribution in [3.8, 4) is 0 Å². The molecule has 0 aliphatic carbocycles. The van der Waals surface area contributed by atoms with Crippen molar-refractivity contribution in [2.45, 2.75) is 13.0 Å². The summed E-state index contributed by atoms with van der Waals surface area (Å²) in [6.07, 6.45) is 0.630. The third-order valence-electron chi connectivity index (χ3n) is 4.87. The Balaban J connectivity index is 1.51. The summed E-state index contributed by atoms with van der Waals surface area (Å²) < 4.78 is 1.73. The molecule has 29 heavy (non-hydrogen) atoms. The molecular formula is C21H20ClN5O2. The van der Waals surface area contributed by atoms with Crippen LogP contribution in [0.2, 0.25) is 5.02 Å². The third-order valence-corrected chi connectivity index (χ3v) is 5.12. The van der Waals surface area contributed by atoms with Crippen LogP contribution in [0, 0.1) is 0 Å². The second-order valence-electron chi connectivity index (χ2n) is 6.83. The minimum atomic E-state index is -0.284.